The van der Waals surface area contributed by atoms with Crippen LogP contribution in [0.15, 0.2) is 36.5 Å². The van der Waals surface area contributed by atoms with Gasteiger partial charge in [-0.05, 0) is 32.1 Å². The standard InChI is InChI=1S/C18H31Br/c1-2-3-4-5-6-7-8-9-10-11-12-13-14-15-16-17-18-19/h9-10,12-13,15-16H,2-8,11,14,17-18H2,1H3. The molecule has 0 aromatic rings. The summed E-state index contributed by atoms with van der Waals surface area (Å²) in [6.45, 7) is 2.27. The maximum absolute atomic E-state index is 3.41. The van der Waals surface area contributed by atoms with Gasteiger partial charge in [-0.1, -0.05) is 91.4 Å². The zero-order chi connectivity index (χ0) is 14.0. The lowest BCUT2D eigenvalue weighted by molar-refractivity contribution is 0.611. The number of hydrogen-bond acceptors (Lipinski definition) is 0. The van der Waals surface area contributed by atoms with Crippen molar-refractivity contribution < 1.29 is 0 Å². The molecule has 0 aliphatic rings. The minimum absolute atomic E-state index is 1.06. The molecular weight excluding hydrogens is 296 g/mol. The molecule has 19 heavy (non-hydrogen) atoms. The van der Waals surface area contributed by atoms with E-state index >= 15 is 0 Å². The zero-order valence-electron chi connectivity index (χ0n) is 12.6. The number of hydrogen-bond donors (Lipinski definition) is 0. The minimum atomic E-state index is 1.06. The molecule has 0 spiro atoms. The molecule has 0 amide bonds. The summed E-state index contributed by atoms with van der Waals surface area (Å²) in [6, 6.07) is 0. The summed E-state index contributed by atoms with van der Waals surface area (Å²) >= 11 is 3.41. The molecule has 0 nitrogen and oxygen atoms in total. The van der Waals surface area contributed by atoms with Gasteiger partial charge in [0, 0.05) is 5.33 Å². The Balaban J connectivity index is 3.22. The van der Waals surface area contributed by atoms with Gasteiger partial charge in [0.2, 0.25) is 0 Å². The summed E-state index contributed by atoms with van der Waals surface area (Å²) in [4.78, 5) is 0. The Hall–Kier alpha value is -0.300. The first-order valence-corrected chi connectivity index (χ1v) is 9.05. The maximum atomic E-state index is 3.41. The SMILES string of the molecule is CCCCCCCCC=CCC=CCC=CCCBr. The van der Waals surface area contributed by atoms with Crippen molar-refractivity contribution >= 4 is 15.9 Å². The third kappa shape index (κ3) is 17.7. The van der Waals surface area contributed by atoms with Crippen molar-refractivity contribution in [3.63, 3.8) is 0 Å². The van der Waals surface area contributed by atoms with E-state index in [0.29, 0.717) is 0 Å². The highest BCUT2D eigenvalue weighted by molar-refractivity contribution is 9.09. The summed E-state index contributed by atoms with van der Waals surface area (Å²) < 4.78 is 0. The summed E-state index contributed by atoms with van der Waals surface area (Å²) in [6.07, 6.45) is 26.5. The molecule has 0 heterocycles. The molecule has 1 heteroatoms. The van der Waals surface area contributed by atoms with Crippen LogP contribution in [0.4, 0.5) is 0 Å². The summed E-state index contributed by atoms with van der Waals surface area (Å²) in [7, 11) is 0. The van der Waals surface area contributed by atoms with Crippen LogP contribution >= 0.6 is 15.9 Å². The Labute approximate surface area is 129 Å². The molecule has 0 saturated heterocycles. The van der Waals surface area contributed by atoms with Gasteiger partial charge in [-0.15, -0.1) is 0 Å². The molecule has 110 valence electrons. The topological polar surface area (TPSA) is 0 Å². The van der Waals surface area contributed by atoms with Crippen LogP contribution in [0.2, 0.25) is 0 Å². The molecule has 0 aliphatic heterocycles. The van der Waals surface area contributed by atoms with E-state index in [0.717, 1.165) is 24.6 Å². The fourth-order valence-corrected chi connectivity index (χ4v) is 2.15. The second kappa shape index (κ2) is 17.7. The largest absolute Gasteiger partial charge is 0.0925 e. The summed E-state index contributed by atoms with van der Waals surface area (Å²) in [5.74, 6) is 0. The number of allylic oxidation sites excluding steroid dienone is 6. The first-order chi connectivity index (χ1) is 9.41. The minimum Gasteiger partial charge on any atom is -0.0925 e. The first-order valence-electron chi connectivity index (χ1n) is 7.92. The molecule has 0 saturated carbocycles. The van der Waals surface area contributed by atoms with Crippen molar-refractivity contribution in [2.45, 2.75) is 71.1 Å². The van der Waals surface area contributed by atoms with E-state index in [1.165, 1.54) is 44.9 Å². The average molecular weight is 327 g/mol. The van der Waals surface area contributed by atoms with Crippen LogP contribution in [0, 0.1) is 0 Å². The normalized spacial score (nSPS) is 12.3. The maximum Gasteiger partial charge on any atom is 0.00659 e. The smallest absolute Gasteiger partial charge is 0.00659 e. The highest BCUT2D eigenvalue weighted by Gasteiger charge is 1.87. The molecule has 0 atom stereocenters. The van der Waals surface area contributed by atoms with Crippen molar-refractivity contribution in [1.82, 2.24) is 0 Å². The van der Waals surface area contributed by atoms with E-state index < -0.39 is 0 Å². The molecule has 0 rings (SSSR count). The average Bonchev–Trinajstić information content (AvgIpc) is 2.43. The van der Waals surface area contributed by atoms with Crippen LogP contribution in [0.1, 0.15) is 71.1 Å². The van der Waals surface area contributed by atoms with Gasteiger partial charge in [0.25, 0.3) is 0 Å². The Morgan fingerprint density at radius 3 is 1.79 bits per heavy atom. The van der Waals surface area contributed by atoms with Gasteiger partial charge in [0.05, 0.1) is 0 Å². The van der Waals surface area contributed by atoms with E-state index in [1.807, 2.05) is 0 Å². The lowest BCUT2D eigenvalue weighted by atomic mass is 10.1. The molecule has 0 radical (unpaired) electrons. The highest BCUT2D eigenvalue weighted by atomic mass is 79.9. The fraction of sp³-hybridized carbons (Fsp3) is 0.667. The van der Waals surface area contributed by atoms with Crippen LogP contribution in [-0.4, -0.2) is 5.33 Å². The van der Waals surface area contributed by atoms with Gasteiger partial charge < -0.3 is 0 Å². The fourth-order valence-electron chi connectivity index (χ4n) is 1.88. The van der Waals surface area contributed by atoms with Gasteiger partial charge in [-0.2, -0.15) is 0 Å². The lowest BCUT2D eigenvalue weighted by Crippen LogP contribution is -1.77. The Morgan fingerprint density at radius 1 is 0.632 bits per heavy atom. The number of rotatable bonds is 13. The van der Waals surface area contributed by atoms with Crippen LogP contribution in [0.5, 0.6) is 0 Å². The summed E-state index contributed by atoms with van der Waals surface area (Å²) in [5.41, 5.74) is 0. The predicted molar refractivity (Wildman–Crippen MR) is 93.1 cm³/mol. The molecule has 0 N–H and O–H groups in total. The quantitative estimate of drug-likeness (QED) is 0.195. The van der Waals surface area contributed by atoms with Gasteiger partial charge >= 0.3 is 0 Å². The van der Waals surface area contributed by atoms with Gasteiger partial charge in [-0.3, -0.25) is 0 Å². The third-order valence-electron chi connectivity index (χ3n) is 3.04. The van der Waals surface area contributed by atoms with Crippen LogP contribution in [0.3, 0.4) is 0 Å². The zero-order valence-corrected chi connectivity index (χ0v) is 14.2. The summed E-state index contributed by atoms with van der Waals surface area (Å²) in [5, 5.41) is 1.06. The van der Waals surface area contributed by atoms with Gasteiger partial charge in [0.15, 0.2) is 0 Å². The van der Waals surface area contributed by atoms with E-state index in [4.69, 9.17) is 0 Å². The van der Waals surface area contributed by atoms with Crippen molar-refractivity contribution in [3.8, 4) is 0 Å². The third-order valence-corrected chi connectivity index (χ3v) is 3.50. The first kappa shape index (κ1) is 18.7. The van der Waals surface area contributed by atoms with Crippen LogP contribution in [-0.2, 0) is 0 Å². The van der Waals surface area contributed by atoms with Crippen molar-refractivity contribution in [2.75, 3.05) is 5.33 Å². The van der Waals surface area contributed by atoms with Crippen molar-refractivity contribution in [1.29, 1.82) is 0 Å². The van der Waals surface area contributed by atoms with E-state index in [2.05, 4.69) is 59.3 Å². The number of halogens is 1. The van der Waals surface area contributed by atoms with Gasteiger partial charge in [-0.25, -0.2) is 0 Å². The molecule has 0 unspecified atom stereocenters. The molecule has 0 bridgehead atoms. The molecular formula is C18H31Br. The number of unbranched alkanes of at least 4 members (excludes halogenated alkanes) is 6. The number of alkyl halides is 1. The molecule has 0 aromatic heterocycles. The molecule has 0 aliphatic carbocycles. The van der Waals surface area contributed by atoms with Crippen molar-refractivity contribution in [3.05, 3.63) is 36.5 Å². The Bertz CT molecular complexity index is 238. The van der Waals surface area contributed by atoms with Gasteiger partial charge in [0.1, 0.15) is 0 Å². The van der Waals surface area contributed by atoms with E-state index in [9.17, 15) is 0 Å². The van der Waals surface area contributed by atoms with Crippen LogP contribution < -0.4 is 0 Å². The monoisotopic (exact) mass is 326 g/mol. The Kier molecular flexibility index (Phi) is 17.4. The van der Waals surface area contributed by atoms with E-state index in [1.54, 1.807) is 0 Å². The highest BCUT2D eigenvalue weighted by Crippen LogP contribution is 2.07. The van der Waals surface area contributed by atoms with Crippen LogP contribution in [0.25, 0.3) is 0 Å². The molecule has 0 aromatic carbocycles. The second-order valence-corrected chi connectivity index (χ2v) is 5.71. The Morgan fingerprint density at radius 2 is 1.16 bits per heavy atom. The molecule has 0 fully saturated rings. The second-order valence-electron chi connectivity index (χ2n) is 4.92. The van der Waals surface area contributed by atoms with E-state index in [-0.39, 0.29) is 0 Å². The van der Waals surface area contributed by atoms with Crippen molar-refractivity contribution in [2.24, 2.45) is 0 Å². The lowest BCUT2D eigenvalue weighted by Gasteiger charge is -1.97. The predicted octanol–water partition coefficient (Wildman–Crippen LogP) is 6.97.